The predicted molar refractivity (Wildman–Crippen MR) is 190 cm³/mol. The number of fused-ring (bicyclic) bond motifs is 2. The monoisotopic (exact) mass is 595 g/mol. The molecule has 0 saturated carbocycles. The van der Waals surface area contributed by atoms with Crippen LogP contribution in [0.15, 0.2) is 48.8 Å². The summed E-state index contributed by atoms with van der Waals surface area (Å²) in [5.41, 5.74) is 8.92. The number of piperidine rings is 1. The molecule has 2 aliphatic rings. The number of aryl methyl sites for hydroxylation is 2. The van der Waals surface area contributed by atoms with Crippen molar-refractivity contribution >= 4 is 27.5 Å². The molecule has 2 aromatic carbocycles. The molecule has 1 atom stereocenters. The van der Waals surface area contributed by atoms with E-state index in [1.807, 2.05) is 0 Å². The number of benzene rings is 2. The Morgan fingerprint density at radius 1 is 0.727 bits per heavy atom. The Bertz CT molecular complexity index is 1590. The van der Waals surface area contributed by atoms with E-state index in [1.165, 1.54) is 71.0 Å². The quantitative estimate of drug-likeness (QED) is 0.224. The van der Waals surface area contributed by atoms with E-state index < -0.39 is 0 Å². The van der Waals surface area contributed by atoms with Gasteiger partial charge in [0.25, 0.3) is 0 Å². The molecule has 44 heavy (non-hydrogen) atoms. The second-order valence-corrected chi connectivity index (χ2v) is 16.1. The van der Waals surface area contributed by atoms with E-state index in [9.17, 15) is 0 Å². The molecule has 2 saturated heterocycles. The normalized spacial score (nSPS) is 19.0. The van der Waals surface area contributed by atoms with Crippen molar-refractivity contribution in [1.82, 2.24) is 18.9 Å². The minimum Gasteiger partial charge on any atom is -0.367 e. The number of nitrogens with zero attached hydrogens (tertiary/aromatic N) is 5. The van der Waals surface area contributed by atoms with Gasteiger partial charge >= 0.3 is 0 Å². The van der Waals surface area contributed by atoms with Crippen molar-refractivity contribution in [2.75, 3.05) is 51.2 Å². The SMILES string of the molecule is CC(CCn1cc(C2CCN(C)CC2)c2ccc(C(C)(C)C)cc21)N1CCN(c2cn(C)c3cc(C(C)(C)C)ccc23)CC1. The van der Waals surface area contributed by atoms with E-state index >= 15 is 0 Å². The highest BCUT2D eigenvalue weighted by Crippen LogP contribution is 2.37. The van der Waals surface area contributed by atoms with Crippen LogP contribution in [-0.2, 0) is 24.4 Å². The minimum absolute atomic E-state index is 0.156. The van der Waals surface area contributed by atoms with Crippen molar-refractivity contribution in [3.05, 3.63) is 65.5 Å². The van der Waals surface area contributed by atoms with E-state index in [0.717, 1.165) is 32.7 Å². The number of hydrogen-bond donors (Lipinski definition) is 0. The molecule has 2 fully saturated rings. The second-order valence-electron chi connectivity index (χ2n) is 16.1. The first kappa shape index (κ1) is 31.2. The van der Waals surface area contributed by atoms with E-state index in [4.69, 9.17) is 0 Å². The first-order valence-corrected chi connectivity index (χ1v) is 17.2. The van der Waals surface area contributed by atoms with Gasteiger partial charge in [-0.3, -0.25) is 4.90 Å². The highest BCUT2D eigenvalue weighted by Gasteiger charge is 2.26. The Balaban J connectivity index is 1.14. The number of rotatable bonds is 6. The Morgan fingerprint density at radius 2 is 1.32 bits per heavy atom. The fourth-order valence-corrected chi connectivity index (χ4v) is 7.61. The molecule has 2 aromatic heterocycles. The maximum atomic E-state index is 2.73. The van der Waals surface area contributed by atoms with Gasteiger partial charge in [-0.2, -0.15) is 0 Å². The molecule has 0 aliphatic carbocycles. The predicted octanol–water partition coefficient (Wildman–Crippen LogP) is 8.14. The third-order valence-corrected chi connectivity index (χ3v) is 10.8. The molecule has 0 radical (unpaired) electrons. The molecule has 5 heteroatoms. The van der Waals surface area contributed by atoms with Gasteiger partial charge < -0.3 is 18.9 Å². The zero-order chi connectivity index (χ0) is 31.4. The zero-order valence-corrected chi connectivity index (χ0v) is 29.1. The van der Waals surface area contributed by atoms with Crippen LogP contribution in [0.5, 0.6) is 0 Å². The molecule has 4 aromatic rings. The number of likely N-dealkylation sites (tertiary alicyclic amines) is 1. The van der Waals surface area contributed by atoms with Crippen molar-refractivity contribution in [1.29, 1.82) is 0 Å². The van der Waals surface area contributed by atoms with Crippen LogP contribution in [-0.4, -0.2) is 71.3 Å². The molecule has 0 bridgehead atoms. The summed E-state index contributed by atoms with van der Waals surface area (Å²) < 4.78 is 4.92. The first-order valence-electron chi connectivity index (χ1n) is 17.2. The standard InChI is InChI=1S/C39H57N5/c1-28(42-20-22-43(23-21-42)37-27-41(9)35-24-30(38(2,3)4)11-13-33(35)37)14-19-44-26-34(29-15-17-40(8)18-16-29)32-12-10-31(25-36(32)44)39(5,6)7/h10-13,24-29H,14-23H2,1-9H3. The Labute approximate surface area is 266 Å². The lowest BCUT2D eigenvalue weighted by Crippen LogP contribution is -2.49. The lowest BCUT2D eigenvalue weighted by Gasteiger charge is -2.39. The lowest BCUT2D eigenvalue weighted by molar-refractivity contribution is 0.184. The van der Waals surface area contributed by atoms with Gasteiger partial charge in [-0.05, 0) is 91.9 Å². The van der Waals surface area contributed by atoms with Crippen LogP contribution in [0.4, 0.5) is 5.69 Å². The highest BCUT2D eigenvalue weighted by atomic mass is 15.3. The highest BCUT2D eigenvalue weighted by molar-refractivity contribution is 5.94. The van der Waals surface area contributed by atoms with Gasteiger partial charge in [0.1, 0.15) is 0 Å². The fraction of sp³-hybridized carbons (Fsp3) is 0.590. The van der Waals surface area contributed by atoms with Gasteiger partial charge in [0.05, 0.1) is 11.2 Å². The average Bonchev–Trinajstić information content (AvgIpc) is 3.52. The van der Waals surface area contributed by atoms with Crippen LogP contribution in [0, 0.1) is 0 Å². The van der Waals surface area contributed by atoms with E-state index in [0.29, 0.717) is 12.0 Å². The molecule has 4 heterocycles. The summed E-state index contributed by atoms with van der Waals surface area (Å²) in [7, 11) is 4.46. The molecule has 238 valence electrons. The molecular weight excluding hydrogens is 538 g/mol. The lowest BCUT2D eigenvalue weighted by atomic mass is 9.85. The summed E-state index contributed by atoms with van der Waals surface area (Å²) in [6.07, 6.45) is 8.60. The maximum absolute atomic E-state index is 2.73. The molecule has 0 amide bonds. The van der Waals surface area contributed by atoms with Crippen LogP contribution in [0.1, 0.15) is 90.3 Å². The van der Waals surface area contributed by atoms with E-state index in [-0.39, 0.29) is 10.8 Å². The third kappa shape index (κ3) is 6.20. The van der Waals surface area contributed by atoms with E-state index in [1.54, 1.807) is 5.56 Å². The molecule has 6 rings (SSSR count). The summed E-state index contributed by atoms with van der Waals surface area (Å²) in [5.74, 6) is 0.676. The Kier molecular flexibility index (Phi) is 8.43. The average molecular weight is 596 g/mol. The van der Waals surface area contributed by atoms with Gasteiger partial charge in [0.2, 0.25) is 0 Å². The van der Waals surface area contributed by atoms with Gasteiger partial charge in [0.15, 0.2) is 0 Å². The Morgan fingerprint density at radius 3 is 1.93 bits per heavy atom. The summed E-state index contributed by atoms with van der Waals surface area (Å²) in [6.45, 7) is 24.3. The summed E-state index contributed by atoms with van der Waals surface area (Å²) in [4.78, 5) is 7.82. The van der Waals surface area contributed by atoms with Crippen molar-refractivity contribution in [2.45, 2.75) is 97.1 Å². The second kappa shape index (κ2) is 11.9. The number of aromatic nitrogens is 2. The van der Waals surface area contributed by atoms with Crippen LogP contribution >= 0.6 is 0 Å². The van der Waals surface area contributed by atoms with Crippen molar-refractivity contribution in [3.63, 3.8) is 0 Å². The maximum Gasteiger partial charge on any atom is 0.0626 e. The summed E-state index contributed by atoms with van der Waals surface area (Å²) in [6, 6.07) is 14.9. The van der Waals surface area contributed by atoms with Gasteiger partial charge in [-0.1, -0.05) is 65.8 Å². The molecule has 0 spiro atoms. The minimum atomic E-state index is 0.156. The number of piperazine rings is 1. The largest absolute Gasteiger partial charge is 0.367 e. The molecule has 2 aliphatic heterocycles. The number of hydrogen-bond acceptors (Lipinski definition) is 3. The van der Waals surface area contributed by atoms with Gasteiger partial charge in [0, 0.05) is 74.5 Å². The Hall–Kier alpha value is -2.76. The molecule has 1 unspecified atom stereocenters. The first-order chi connectivity index (χ1) is 20.8. The molecule has 0 N–H and O–H groups in total. The van der Waals surface area contributed by atoms with Crippen molar-refractivity contribution in [3.8, 4) is 0 Å². The molecule has 5 nitrogen and oxygen atoms in total. The van der Waals surface area contributed by atoms with Crippen LogP contribution in [0.25, 0.3) is 21.8 Å². The number of anilines is 1. The smallest absolute Gasteiger partial charge is 0.0626 e. The summed E-state index contributed by atoms with van der Waals surface area (Å²) >= 11 is 0. The van der Waals surface area contributed by atoms with Crippen LogP contribution in [0.2, 0.25) is 0 Å². The summed E-state index contributed by atoms with van der Waals surface area (Å²) in [5, 5.41) is 2.87. The topological polar surface area (TPSA) is 19.6 Å². The van der Waals surface area contributed by atoms with Crippen molar-refractivity contribution < 1.29 is 0 Å². The van der Waals surface area contributed by atoms with E-state index in [2.05, 4.69) is 135 Å². The van der Waals surface area contributed by atoms with Gasteiger partial charge in [-0.25, -0.2) is 0 Å². The van der Waals surface area contributed by atoms with Crippen LogP contribution in [0.3, 0.4) is 0 Å². The fourth-order valence-electron chi connectivity index (χ4n) is 7.61. The van der Waals surface area contributed by atoms with Crippen molar-refractivity contribution in [2.24, 2.45) is 7.05 Å². The zero-order valence-electron chi connectivity index (χ0n) is 29.1. The molecular formula is C39H57N5. The van der Waals surface area contributed by atoms with Gasteiger partial charge in [-0.15, -0.1) is 0 Å². The third-order valence-electron chi connectivity index (χ3n) is 10.8. The van der Waals surface area contributed by atoms with Crippen LogP contribution < -0.4 is 4.90 Å².